The number of anilines is 2. The van der Waals surface area contributed by atoms with Crippen molar-refractivity contribution in [3.63, 3.8) is 0 Å². The van der Waals surface area contributed by atoms with Crippen molar-refractivity contribution in [2.45, 2.75) is 12.8 Å². The highest BCUT2D eigenvalue weighted by atomic mass is 35.5. The maximum absolute atomic E-state index is 14.1. The van der Waals surface area contributed by atoms with Gasteiger partial charge in [0, 0.05) is 99.1 Å². The molecule has 298 valence electrons. The third-order valence-corrected chi connectivity index (χ3v) is 12.2. The Bertz CT molecular complexity index is 2190. The molecular weight excluding hydrogens is 803 g/mol. The third-order valence-electron chi connectivity index (χ3n) is 10.1. The maximum atomic E-state index is 14.1. The average Bonchev–Trinajstić information content (AvgIpc) is 3.95. The van der Waals surface area contributed by atoms with Crippen LogP contribution in [0.25, 0.3) is 22.8 Å². The van der Waals surface area contributed by atoms with Crippen molar-refractivity contribution in [1.82, 2.24) is 28.5 Å². The van der Waals surface area contributed by atoms with Crippen LogP contribution in [0.5, 0.6) is 11.5 Å². The second-order valence-electron chi connectivity index (χ2n) is 13.8. The van der Waals surface area contributed by atoms with Crippen LogP contribution in [0.1, 0.15) is 11.1 Å². The number of piperazine rings is 2. The van der Waals surface area contributed by atoms with Crippen LogP contribution < -0.4 is 19.3 Å². The molecule has 0 saturated carbocycles. The van der Waals surface area contributed by atoms with Crippen molar-refractivity contribution >= 4 is 56.5 Å². The first kappa shape index (κ1) is 40.8. The molecule has 2 aliphatic heterocycles. The zero-order valence-corrected chi connectivity index (χ0v) is 35.1. The highest BCUT2D eigenvalue weighted by Crippen LogP contribution is 2.30. The Balaban J connectivity index is 0.000000174. The molecule has 10 nitrogen and oxygen atoms in total. The zero-order valence-electron chi connectivity index (χ0n) is 32.0. The second kappa shape index (κ2) is 19.9. The van der Waals surface area contributed by atoms with Crippen LogP contribution in [0.2, 0.25) is 10.0 Å². The first-order valence-corrected chi connectivity index (χ1v) is 21.2. The fourth-order valence-electron chi connectivity index (χ4n) is 6.74. The van der Waals surface area contributed by atoms with Gasteiger partial charge in [-0.25, -0.2) is 4.39 Å². The van der Waals surface area contributed by atoms with E-state index < -0.39 is 5.82 Å². The molecule has 0 unspecified atom stereocenters. The van der Waals surface area contributed by atoms with Gasteiger partial charge in [-0.3, -0.25) is 9.80 Å². The Kier molecular flexibility index (Phi) is 14.2. The van der Waals surface area contributed by atoms with Gasteiger partial charge in [0.25, 0.3) is 0 Å². The van der Waals surface area contributed by atoms with Gasteiger partial charge in [-0.2, -0.15) is 18.7 Å². The summed E-state index contributed by atoms with van der Waals surface area (Å²) in [5, 5.41) is 2.87. The van der Waals surface area contributed by atoms with E-state index in [1.807, 2.05) is 42.5 Å². The van der Waals surface area contributed by atoms with E-state index in [1.54, 1.807) is 26.4 Å². The summed E-state index contributed by atoms with van der Waals surface area (Å²) in [5.74, 6) is 2.54. The molecule has 0 bridgehead atoms. The van der Waals surface area contributed by atoms with E-state index >= 15 is 0 Å². The van der Waals surface area contributed by atoms with Crippen LogP contribution in [-0.4, -0.2) is 108 Å². The molecule has 4 heterocycles. The summed E-state index contributed by atoms with van der Waals surface area (Å²) < 4.78 is 33.5. The SMILES string of the molecule is COc1ccc(CCN2CCN(c3nc(-c4ccc(Cl)cc4F)ns3)CC2)cc1.COc1cccc(CCN2CCN(c3nc(-c4ccccc4Cl)ns3)CC2)c1. The van der Waals surface area contributed by atoms with E-state index in [0.29, 0.717) is 27.3 Å². The number of ether oxygens (including phenoxy) is 2. The molecule has 0 radical (unpaired) electrons. The number of rotatable bonds is 12. The minimum atomic E-state index is -0.398. The van der Waals surface area contributed by atoms with Gasteiger partial charge in [0.05, 0.1) is 24.8 Å². The summed E-state index contributed by atoms with van der Waals surface area (Å²) in [4.78, 5) is 18.8. The molecule has 2 saturated heterocycles. The van der Waals surface area contributed by atoms with E-state index in [9.17, 15) is 4.39 Å². The first-order valence-electron chi connectivity index (χ1n) is 18.9. The number of methoxy groups -OCH3 is 2. The van der Waals surface area contributed by atoms with Gasteiger partial charge in [0.1, 0.15) is 17.3 Å². The lowest BCUT2D eigenvalue weighted by atomic mass is 10.1. The average molecular weight is 848 g/mol. The molecular formula is C42H45Cl2FN8O2S2. The van der Waals surface area contributed by atoms with Gasteiger partial charge < -0.3 is 19.3 Å². The van der Waals surface area contributed by atoms with Crippen LogP contribution in [0, 0.1) is 5.82 Å². The summed E-state index contributed by atoms with van der Waals surface area (Å²) in [5.41, 5.74) is 3.90. The van der Waals surface area contributed by atoms with Gasteiger partial charge in [-0.05, 0) is 78.6 Å². The standard InChI is InChI=1S/C21H22ClFN4OS.C21H23ClN4OS/c1-28-17-5-2-15(3-6-17)8-9-26-10-12-27(13-11-26)21-24-20(25-29-21)18-7-4-16(22)14-19(18)23;1-27-17-6-4-5-16(15-17)9-10-25-11-13-26(14-12-25)21-23-20(24-28-21)18-7-2-3-8-19(18)22/h2-7,14H,8-13H2,1H3;2-8,15H,9-14H2,1H3. The Hall–Kier alpha value is -4.37. The number of hydrogen-bond acceptors (Lipinski definition) is 12. The topological polar surface area (TPSA) is 83.0 Å². The van der Waals surface area contributed by atoms with Gasteiger partial charge >= 0.3 is 0 Å². The number of benzene rings is 4. The zero-order chi connectivity index (χ0) is 39.6. The first-order chi connectivity index (χ1) is 27.8. The van der Waals surface area contributed by atoms with E-state index in [2.05, 4.69) is 63.7 Å². The normalized spacial score (nSPS) is 15.0. The molecule has 0 atom stereocenters. The summed E-state index contributed by atoms with van der Waals surface area (Å²) in [7, 11) is 3.39. The van der Waals surface area contributed by atoms with Crippen molar-refractivity contribution in [1.29, 1.82) is 0 Å². The molecule has 2 fully saturated rings. The number of aromatic nitrogens is 4. The molecule has 57 heavy (non-hydrogen) atoms. The molecule has 0 aliphatic carbocycles. The Morgan fingerprint density at radius 2 is 1.18 bits per heavy atom. The fraction of sp³-hybridized carbons (Fsp3) is 0.333. The quantitative estimate of drug-likeness (QED) is 0.120. The van der Waals surface area contributed by atoms with Crippen molar-refractivity contribution in [3.8, 4) is 34.3 Å². The lowest BCUT2D eigenvalue weighted by Gasteiger charge is -2.34. The molecule has 2 aromatic heterocycles. The highest BCUT2D eigenvalue weighted by Gasteiger charge is 2.22. The lowest BCUT2D eigenvalue weighted by molar-refractivity contribution is 0.261. The Labute approximate surface area is 351 Å². The number of nitrogens with zero attached hydrogens (tertiary/aromatic N) is 8. The predicted octanol–water partition coefficient (Wildman–Crippen LogP) is 8.60. The maximum Gasteiger partial charge on any atom is 0.205 e. The fourth-order valence-corrected chi connectivity index (χ4v) is 8.58. The monoisotopic (exact) mass is 846 g/mol. The molecule has 15 heteroatoms. The van der Waals surface area contributed by atoms with Crippen LogP contribution in [0.4, 0.5) is 14.7 Å². The molecule has 0 spiro atoms. The molecule has 0 amide bonds. The van der Waals surface area contributed by atoms with Crippen LogP contribution in [0.3, 0.4) is 0 Å². The van der Waals surface area contributed by atoms with Gasteiger partial charge in [0.15, 0.2) is 11.6 Å². The second-order valence-corrected chi connectivity index (χ2v) is 16.1. The van der Waals surface area contributed by atoms with Crippen LogP contribution >= 0.6 is 46.3 Å². The van der Waals surface area contributed by atoms with Crippen molar-refractivity contribution in [3.05, 3.63) is 118 Å². The Morgan fingerprint density at radius 3 is 1.75 bits per heavy atom. The summed E-state index contributed by atoms with van der Waals surface area (Å²) >= 11 is 14.9. The van der Waals surface area contributed by atoms with E-state index in [1.165, 1.54) is 40.3 Å². The molecule has 2 aliphatic rings. The van der Waals surface area contributed by atoms with E-state index in [-0.39, 0.29) is 0 Å². The van der Waals surface area contributed by atoms with Crippen LogP contribution in [0.15, 0.2) is 91.0 Å². The lowest BCUT2D eigenvalue weighted by Crippen LogP contribution is -2.47. The minimum absolute atomic E-state index is 0.368. The molecule has 6 aromatic rings. The van der Waals surface area contributed by atoms with Crippen molar-refractivity contribution in [2.24, 2.45) is 0 Å². The van der Waals surface area contributed by atoms with Crippen LogP contribution in [-0.2, 0) is 12.8 Å². The summed E-state index contributed by atoms with van der Waals surface area (Å²) in [6.07, 6.45) is 2.05. The largest absolute Gasteiger partial charge is 0.497 e. The van der Waals surface area contributed by atoms with Gasteiger partial charge in [-0.15, -0.1) is 0 Å². The molecule has 4 aromatic carbocycles. The summed E-state index contributed by atoms with van der Waals surface area (Å²) in [6.45, 7) is 9.81. The molecule has 0 N–H and O–H groups in total. The van der Waals surface area contributed by atoms with Crippen molar-refractivity contribution < 1.29 is 13.9 Å². The minimum Gasteiger partial charge on any atom is -0.497 e. The number of halogens is 3. The smallest absolute Gasteiger partial charge is 0.205 e. The Morgan fingerprint density at radius 1 is 0.596 bits per heavy atom. The summed E-state index contributed by atoms with van der Waals surface area (Å²) in [6, 6.07) is 28.9. The van der Waals surface area contributed by atoms with Crippen molar-refractivity contribution in [2.75, 3.05) is 89.5 Å². The molecule has 8 rings (SSSR count). The van der Waals surface area contributed by atoms with E-state index in [0.717, 1.165) is 106 Å². The highest BCUT2D eigenvalue weighted by molar-refractivity contribution is 7.10. The third kappa shape index (κ3) is 11.0. The van der Waals surface area contributed by atoms with Gasteiger partial charge in [-0.1, -0.05) is 59.6 Å². The predicted molar refractivity (Wildman–Crippen MR) is 231 cm³/mol. The van der Waals surface area contributed by atoms with E-state index in [4.69, 9.17) is 37.7 Å². The number of hydrogen-bond donors (Lipinski definition) is 0. The van der Waals surface area contributed by atoms with Gasteiger partial charge in [0.2, 0.25) is 10.3 Å².